The van der Waals surface area contributed by atoms with Crippen molar-refractivity contribution in [3.8, 4) is 6.07 Å². The zero-order valence-corrected chi connectivity index (χ0v) is 13.1. The Kier molecular flexibility index (Phi) is 4.51. The Morgan fingerprint density at radius 2 is 2.43 bits per heavy atom. The average Bonchev–Trinajstić information content (AvgIpc) is 2.89. The van der Waals surface area contributed by atoms with Gasteiger partial charge >= 0.3 is 0 Å². The third kappa shape index (κ3) is 3.47. The van der Waals surface area contributed by atoms with Gasteiger partial charge in [-0.2, -0.15) is 5.26 Å². The number of pyridine rings is 1. The first-order chi connectivity index (χ1) is 11.2. The molecule has 6 heteroatoms. The molecule has 3 rings (SSSR count). The lowest BCUT2D eigenvalue weighted by Gasteiger charge is -2.16. The molecule has 23 heavy (non-hydrogen) atoms. The van der Waals surface area contributed by atoms with Gasteiger partial charge in [-0.15, -0.1) is 11.3 Å². The molecule has 2 N–H and O–H groups in total. The van der Waals surface area contributed by atoms with E-state index < -0.39 is 0 Å². The van der Waals surface area contributed by atoms with E-state index in [-0.39, 0.29) is 12.0 Å². The molecule has 0 saturated heterocycles. The highest BCUT2D eigenvalue weighted by atomic mass is 32.1. The molecule has 2 aromatic rings. The number of aromatic nitrogens is 1. The highest BCUT2D eigenvalue weighted by molar-refractivity contribution is 7.16. The summed E-state index contributed by atoms with van der Waals surface area (Å²) >= 11 is 1.38. The summed E-state index contributed by atoms with van der Waals surface area (Å²) in [6, 6.07) is 5.82. The van der Waals surface area contributed by atoms with E-state index in [1.807, 2.05) is 6.07 Å². The van der Waals surface area contributed by atoms with Gasteiger partial charge in [-0.25, -0.2) is 0 Å². The first-order valence-corrected chi connectivity index (χ1v) is 8.11. The molecule has 5 nitrogen and oxygen atoms in total. The fourth-order valence-corrected chi connectivity index (χ4v) is 3.85. The number of carbonyl (C=O) groups is 1. The maximum Gasteiger partial charge on any atom is 0.249 e. The number of rotatable bonds is 3. The smallest absolute Gasteiger partial charge is 0.249 e. The number of hydrogen-bond donors (Lipinski definition) is 2. The van der Waals surface area contributed by atoms with Gasteiger partial charge in [0, 0.05) is 29.8 Å². The monoisotopic (exact) mass is 325 g/mol. The van der Waals surface area contributed by atoms with Gasteiger partial charge < -0.3 is 10.4 Å². The second-order valence-electron chi connectivity index (χ2n) is 5.33. The second-order valence-corrected chi connectivity index (χ2v) is 6.43. The Bertz CT molecular complexity index is 790. The number of hydrogen-bond acceptors (Lipinski definition) is 5. The van der Waals surface area contributed by atoms with E-state index >= 15 is 0 Å². The maximum absolute atomic E-state index is 12.1. The molecule has 0 radical (unpaired) electrons. The minimum absolute atomic E-state index is 0.288. The van der Waals surface area contributed by atoms with Crippen LogP contribution in [0.5, 0.6) is 0 Å². The predicted molar refractivity (Wildman–Crippen MR) is 89.0 cm³/mol. The summed E-state index contributed by atoms with van der Waals surface area (Å²) in [6.07, 6.45) is 7.95. The van der Waals surface area contributed by atoms with Crippen LogP contribution < -0.4 is 5.32 Å². The van der Waals surface area contributed by atoms with Gasteiger partial charge in [0.25, 0.3) is 0 Å². The van der Waals surface area contributed by atoms with Crippen LogP contribution in [0, 0.1) is 11.3 Å². The molecule has 1 unspecified atom stereocenters. The number of nitriles is 1. The van der Waals surface area contributed by atoms with E-state index in [1.54, 1.807) is 24.5 Å². The van der Waals surface area contributed by atoms with Crippen LogP contribution >= 0.6 is 11.3 Å². The van der Waals surface area contributed by atoms with Gasteiger partial charge in [0.15, 0.2) is 0 Å². The number of fused-ring (bicyclic) bond motifs is 1. The molecule has 116 valence electrons. The SMILES string of the molecule is N#Cc1c(NC(=O)C=Cc2cccnc2)sc2c1CCC(O)C2. The van der Waals surface area contributed by atoms with Crippen molar-refractivity contribution in [3.05, 3.63) is 52.2 Å². The number of nitrogens with one attached hydrogen (secondary N) is 1. The Hall–Kier alpha value is -2.49. The molecule has 1 amide bonds. The number of carbonyl (C=O) groups excluding carboxylic acids is 1. The molecule has 0 bridgehead atoms. The first-order valence-electron chi connectivity index (χ1n) is 7.29. The number of aliphatic hydroxyl groups excluding tert-OH is 1. The van der Waals surface area contributed by atoms with Crippen molar-refractivity contribution in [2.45, 2.75) is 25.4 Å². The van der Waals surface area contributed by atoms with Crippen LogP contribution in [0.25, 0.3) is 6.08 Å². The zero-order chi connectivity index (χ0) is 16.2. The maximum atomic E-state index is 12.1. The minimum atomic E-state index is -0.360. The lowest BCUT2D eigenvalue weighted by molar-refractivity contribution is -0.111. The topological polar surface area (TPSA) is 86.0 Å². The van der Waals surface area contributed by atoms with Crippen molar-refractivity contribution in [1.29, 1.82) is 5.26 Å². The van der Waals surface area contributed by atoms with Crippen LogP contribution in [0.4, 0.5) is 5.00 Å². The minimum Gasteiger partial charge on any atom is -0.393 e. The number of nitrogens with zero attached hydrogens (tertiary/aromatic N) is 2. The summed E-state index contributed by atoms with van der Waals surface area (Å²) in [7, 11) is 0. The van der Waals surface area contributed by atoms with Crippen molar-refractivity contribution in [1.82, 2.24) is 4.98 Å². The summed E-state index contributed by atoms with van der Waals surface area (Å²) in [5, 5.41) is 22.4. The Balaban J connectivity index is 1.77. The molecule has 1 aliphatic rings. The van der Waals surface area contributed by atoms with Gasteiger partial charge in [-0.1, -0.05) is 6.07 Å². The van der Waals surface area contributed by atoms with E-state index in [1.165, 1.54) is 17.4 Å². The Morgan fingerprint density at radius 3 is 3.17 bits per heavy atom. The summed E-state index contributed by atoms with van der Waals surface area (Å²) in [5.74, 6) is -0.288. The van der Waals surface area contributed by atoms with Crippen LogP contribution in [0.2, 0.25) is 0 Å². The highest BCUT2D eigenvalue weighted by Crippen LogP contribution is 2.37. The second kappa shape index (κ2) is 6.73. The van der Waals surface area contributed by atoms with Crippen LogP contribution in [0.1, 0.15) is 28.0 Å². The summed E-state index contributed by atoms with van der Waals surface area (Å²) in [4.78, 5) is 17.0. The van der Waals surface area contributed by atoms with Crippen LogP contribution in [0.15, 0.2) is 30.6 Å². The van der Waals surface area contributed by atoms with E-state index in [4.69, 9.17) is 0 Å². The van der Waals surface area contributed by atoms with Crippen molar-refractivity contribution >= 4 is 28.3 Å². The van der Waals surface area contributed by atoms with Crippen LogP contribution in [-0.2, 0) is 17.6 Å². The average molecular weight is 325 g/mol. The quantitative estimate of drug-likeness (QED) is 0.849. The Morgan fingerprint density at radius 1 is 1.57 bits per heavy atom. The van der Waals surface area contributed by atoms with Crippen molar-refractivity contribution in [2.75, 3.05) is 5.32 Å². The van der Waals surface area contributed by atoms with Gasteiger partial charge in [0.1, 0.15) is 11.1 Å². The fraction of sp³-hybridized carbons (Fsp3) is 0.235. The molecular weight excluding hydrogens is 310 g/mol. The zero-order valence-electron chi connectivity index (χ0n) is 12.3. The first kappa shape index (κ1) is 15.4. The van der Waals surface area contributed by atoms with Gasteiger partial charge in [-0.3, -0.25) is 9.78 Å². The van der Waals surface area contributed by atoms with E-state index in [9.17, 15) is 15.2 Å². The molecule has 2 aromatic heterocycles. The molecule has 0 aliphatic heterocycles. The summed E-state index contributed by atoms with van der Waals surface area (Å²) in [6.45, 7) is 0. The third-order valence-corrected chi connectivity index (χ3v) is 4.87. The molecule has 2 heterocycles. The van der Waals surface area contributed by atoms with Crippen molar-refractivity contribution < 1.29 is 9.90 Å². The largest absolute Gasteiger partial charge is 0.393 e. The predicted octanol–water partition coefficient (Wildman–Crippen LogP) is 2.52. The molecule has 0 spiro atoms. The van der Waals surface area contributed by atoms with E-state index in [0.717, 1.165) is 16.0 Å². The molecule has 0 saturated carbocycles. The number of amides is 1. The molecule has 0 fully saturated rings. The number of thiophene rings is 1. The van der Waals surface area contributed by atoms with E-state index in [2.05, 4.69) is 16.4 Å². The normalized spacial score (nSPS) is 16.8. The standard InChI is InChI=1S/C17H15N3O2S/c18-9-14-13-5-4-12(21)8-15(13)23-17(14)20-16(22)6-3-11-2-1-7-19-10-11/h1-3,6-7,10,12,21H,4-5,8H2,(H,20,22). The van der Waals surface area contributed by atoms with Crippen LogP contribution in [-0.4, -0.2) is 22.1 Å². The number of aliphatic hydroxyl groups is 1. The molecular formula is C17H15N3O2S. The lowest BCUT2D eigenvalue weighted by Crippen LogP contribution is -2.17. The fourth-order valence-electron chi connectivity index (χ4n) is 2.57. The molecule has 0 aromatic carbocycles. The molecule has 1 atom stereocenters. The third-order valence-electron chi connectivity index (χ3n) is 3.70. The summed E-state index contributed by atoms with van der Waals surface area (Å²) < 4.78 is 0. The van der Waals surface area contributed by atoms with Crippen molar-refractivity contribution in [2.24, 2.45) is 0 Å². The lowest BCUT2D eigenvalue weighted by atomic mass is 9.94. The van der Waals surface area contributed by atoms with Crippen LogP contribution in [0.3, 0.4) is 0 Å². The van der Waals surface area contributed by atoms with Crippen molar-refractivity contribution in [3.63, 3.8) is 0 Å². The number of anilines is 1. The molecule has 1 aliphatic carbocycles. The van der Waals surface area contributed by atoms with Gasteiger partial charge in [-0.05, 0) is 36.1 Å². The summed E-state index contributed by atoms with van der Waals surface area (Å²) in [5.41, 5.74) is 2.33. The highest BCUT2D eigenvalue weighted by Gasteiger charge is 2.25. The van der Waals surface area contributed by atoms with Gasteiger partial charge in [0.2, 0.25) is 5.91 Å². The van der Waals surface area contributed by atoms with E-state index in [0.29, 0.717) is 29.8 Å². The Labute approximate surface area is 137 Å². The van der Waals surface area contributed by atoms with Gasteiger partial charge in [0.05, 0.1) is 11.7 Å².